The lowest BCUT2D eigenvalue weighted by Crippen LogP contribution is -1.76. The molecule has 0 atom stereocenters. The molecule has 0 unspecified atom stereocenters. The van der Waals surface area contributed by atoms with Gasteiger partial charge in [0.1, 0.15) is 0 Å². The maximum atomic E-state index is 3.39. The smallest absolute Gasteiger partial charge is 0.0283 e. The summed E-state index contributed by atoms with van der Waals surface area (Å²) in [5, 5.41) is 0.953. The molecular weight excluding hydrogens is 200 g/mol. The van der Waals surface area contributed by atoms with Crippen molar-refractivity contribution in [1.29, 1.82) is 0 Å². The molecule has 1 aromatic rings. The first kappa shape index (κ1) is 10.7. The van der Waals surface area contributed by atoms with Crippen molar-refractivity contribution < 1.29 is 0 Å². The minimum Gasteiger partial charge on any atom is -0.0876 e. The number of hydrogen-bond acceptors (Lipinski definition) is 0. The van der Waals surface area contributed by atoms with E-state index in [9.17, 15) is 0 Å². The Balaban J connectivity index is 0.000000461. The summed E-state index contributed by atoms with van der Waals surface area (Å²) in [6, 6.07) is 8.47. The van der Waals surface area contributed by atoms with Crippen LogP contribution in [-0.2, 0) is 5.33 Å². The summed E-state index contributed by atoms with van der Waals surface area (Å²) < 4.78 is 0. The zero-order valence-electron chi connectivity index (χ0n) is 7.39. The van der Waals surface area contributed by atoms with E-state index in [-0.39, 0.29) is 0 Å². The molecule has 11 heavy (non-hydrogen) atoms. The van der Waals surface area contributed by atoms with Gasteiger partial charge in [-0.2, -0.15) is 0 Å². The van der Waals surface area contributed by atoms with Crippen LogP contribution in [-0.4, -0.2) is 0 Å². The van der Waals surface area contributed by atoms with E-state index in [0.717, 1.165) is 5.33 Å². The van der Waals surface area contributed by atoms with Crippen LogP contribution in [0.3, 0.4) is 0 Å². The van der Waals surface area contributed by atoms with Crippen molar-refractivity contribution in [3.63, 3.8) is 0 Å². The Bertz CT molecular complexity index is 194. The third kappa shape index (κ3) is 4.20. The van der Waals surface area contributed by atoms with Crippen LogP contribution in [0.15, 0.2) is 24.3 Å². The van der Waals surface area contributed by atoms with Gasteiger partial charge in [0.15, 0.2) is 0 Å². The maximum Gasteiger partial charge on any atom is 0.0283 e. The van der Waals surface area contributed by atoms with Crippen LogP contribution in [0, 0.1) is 6.92 Å². The second-order valence-electron chi connectivity index (χ2n) is 2.12. The van der Waals surface area contributed by atoms with Gasteiger partial charge in [0.05, 0.1) is 0 Å². The standard InChI is InChI=1S/C8H9Br.C2H6/c1-7-3-2-4-8(5-7)6-9;1-2/h2-5H,6H2,1H3;1-2H3. The SMILES string of the molecule is CC.Cc1cccc(CBr)c1. The monoisotopic (exact) mass is 214 g/mol. The molecule has 0 aromatic heterocycles. The van der Waals surface area contributed by atoms with Gasteiger partial charge in [-0.3, -0.25) is 0 Å². The zero-order chi connectivity index (χ0) is 8.69. The molecule has 0 bridgehead atoms. The molecule has 0 fully saturated rings. The number of alkyl halides is 1. The summed E-state index contributed by atoms with van der Waals surface area (Å²) in [5.41, 5.74) is 2.67. The molecule has 0 N–H and O–H groups in total. The molecule has 0 spiro atoms. The molecular formula is C10H15Br. The Morgan fingerprint density at radius 1 is 1.27 bits per heavy atom. The highest BCUT2D eigenvalue weighted by molar-refractivity contribution is 9.08. The van der Waals surface area contributed by atoms with Crippen LogP contribution in [0.25, 0.3) is 0 Å². The van der Waals surface area contributed by atoms with E-state index in [1.165, 1.54) is 11.1 Å². The van der Waals surface area contributed by atoms with Gasteiger partial charge in [-0.15, -0.1) is 0 Å². The van der Waals surface area contributed by atoms with Gasteiger partial charge >= 0.3 is 0 Å². The highest BCUT2D eigenvalue weighted by Gasteiger charge is 1.86. The first-order valence-corrected chi connectivity index (χ1v) is 5.06. The topological polar surface area (TPSA) is 0 Å². The number of rotatable bonds is 1. The molecule has 0 aliphatic carbocycles. The largest absolute Gasteiger partial charge is 0.0876 e. The van der Waals surface area contributed by atoms with Gasteiger partial charge in [-0.1, -0.05) is 59.6 Å². The molecule has 0 amide bonds. The van der Waals surface area contributed by atoms with E-state index >= 15 is 0 Å². The molecule has 0 saturated heterocycles. The second-order valence-corrected chi connectivity index (χ2v) is 2.68. The summed E-state index contributed by atoms with van der Waals surface area (Å²) in [4.78, 5) is 0. The van der Waals surface area contributed by atoms with Gasteiger partial charge in [-0.05, 0) is 12.5 Å². The number of benzene rings is 1. The molecule has 0 aliphatic heterocycles. The third-order valence-electron chi connectivity index (χ3n) is 1.24. The van der Waals surface area contributed by atoms with Crippen LogP contribution in [0.5, 0.6) is 0 Å². The van der Waals surface area contributed by atoms with Crippen molar-refractivity contribution in [3.05, 3.63) is 35.4 Å². The summed E-state index contributed by atoms with van der Waals surface area (Å²) >= 11 is 3.39. The average Bonchev–Trinajstić information content (AvgIpc) is 2.08. The predicted molar refractivity (Wildman–Crippen MR) is 55.2 cm³/mol. The fourth-order valence-electron chi connectivity index (χ4n) is 0.795. The van der Waals surface area contributed by atoms with E-state index in [4.69, 9.17) is 0 Å². The Hall–Kier alpha value is -0.300. The molecule has 0 heterocycles. The predicted octanol–water partition coefficient (Wildman–Crippen LogP) is 3.92. The summed E-state index contributed by atoms with van der Waals surface area (Å²) in [6.07, 6.45) is 0. The van der Waals surface area contributed by atoms with Crippen molar-refractivity contribution in [2.75, 3.05) is 0 Å². The lowest BCUT2D eigenvalue weighted by molar-refractivity contribution is 1.37. The Labute approximate surface area is 77.8 Å². The zero-order valence-corrected chi connectivity index (χ0v) is 8.98. The molecule has 0 saturated carbocycles. The summed E-state index contributed by atoms with van der Waals surface area (Å²) in [6.45, 7) is 6.10. The van der Waals surface area contributed by atoms with E-state index in [0.29, 0.717) is 0 Å². The fourth-order valence-corrected chi connectivity index (χ4v) is 1.14. The van der Waals surface area contributed by atoms with E-state index in [1.54, 1.807) is 0 Å². The lowest BCUT2D eigenvalue weighted by atomic mass is 10.2. The van der Waals surface area contributed by atoms with Crippen LogP contribution in [0.2, 0.25) is 0 Å². The molecule has 1 aromatic carbocycles. The molecule has 1 rings (SSSR count). The molecule has 0 aliphatic rings. The van der Waals surface area contributed by atoms with Gasteiger partial charge in [0, 0.05) is 5.33 Å². The first-order valence-electron chi connectivity index (χ1n) is 3.94. The van der Waals surface area contributed by atoms with Crippen LogP contribution >= 0.6 is 15.9 Å². The minimum atomic E-state index is 0.953. The first-order chi connectivity index (χ1) is 5.33. The Morgan fingerprint density at radius 2 is 1.91 bits per heavy atom. The highest BCUT2D eigenvalue weighted by atomic mass is 79.9. The number of halogens is 1. The van der Waals surface area contributed by atoms with Gasteiger partial charge in [-0.25, -0.2) is 0 Å². The average molecular weight is 215 g/mol. The molecule has 62 valence electrons. The number of aryl methyl sites for hydroxylation is 1. The lowest BCUT2D eigenvalue weighted by Gasteiger charge is -1.94. The van der Waals surface area contributed by atoms with Crippen LogP contribution in [0.4, 0.5) is 0 Å². The van der Waals surface area contributed by atoms with Crippen molar-refractivity contribution in [2.24, 2.45) is 0 Å². The Kier molecular flexibility index (Phi) is 6.24. The fraction of sp³-hybridized carbons (Fsp3) is 0.400. The van der Waals surface area contributed by atoms with E-state index < -0.39 is 0 Å². The van der Waals surface area contributed by atoms with Crippen molar-refractivity contribution in [2.45, 2.75) is 26.1 Å². The maximum absolute atomic E-state index is 3.39. The minimum absolute atomic E-state index is 0.953. The van der Waals surface area contributed by atoms with Crippen molar-refractivity contribution >= 4 is 15.9 Å². The molecule has 0 nitrogen and oxygen atoms in total. The quantitative estimate of drug-likeness (QED) is 0.623. The van der Waals surface area contributed by atoms with Crippen LogP contribution in [0.1, 0.15) is 25.0 Å². The van der Waals surface area contributed by atoms with Crippen molar-refractivity contribution in [1.82, 2.24) is 0 Å². The van der Waals surface area contributed by atoms with E-state index in [2.05, 4.69) is 47.1 Å². The molecule has 1 heteroatoms. The number of hydrogen-bond donors (Lipinski definition) is 0. The second kappa shape index (κ2) is 6.41. The van der Waals surface area contributed by atoms with Gasteiger partial charge in [0.25, 0.3) is 0 Å². The van der Waals surface area contributed by atoms with Gasteiger partial charge < -0.3 is 0 Å². The summed E-state index contributed by atoms with van der Waals surface area (Å²) in [5.74, 6) is 0. The summed E-state index contributed by atoms with van der Waals surface area (Å²) in [7, 11) is 0. The Morgan fingerprint density at radius 3 is 2.27 bits per heavy atom. The normalized spacial score (nSPS) is 8.36. The van der Waals surface area contributed by atoms with Crippen LogP contribution < -0.4 is 0 Å². The highest BCUT2D eigenvalue weighted by Crippen LogP contribution is 2.06. The third-order valence-corrected chi connectivity index (χ3v) is 1.88. The molecule has 0 radical (unpaired) electrons. The van der Waals surface area contributed by atoms with Gasteiger partial charge in [0.2, 0.25) is 0 Å². The van der Waals surface area contributed by atoms with E-state index in [1.807, 2.05) is 13.8 Å². The van der Waals surface area contributed by atoms with Crippen molar-refractivity contribution in [3.8, 4) is 0 Å².